The number of aliphatic hydroxyl groups excluding tert-OH is 13. The van der Waals surface area contributed by atoms with Gasteiger partial charge < -0.3 is 129 Å². The maximum Gasteiger partial charge on any atom is 0.217 e. The highest BCUT2D eigenvalue weighted by atomic mass is 16.8. The standard InChI is InChI=1S/C61H98N2O27/c1-24(2)16-28(68)17-25(3)30-10-11-31-29-12-15-61(80)58(6,7)39(13-14-59(61,8)32(29)18-38(70)60(30,31)9)88-57-52(46(75)37(23-83-57)87-53-40(62-26(4)66)47(76)43(72)34(19-64)84-53)89-54-41(63-27(5)67)48(77)45(74)36(86-54)22-82-56-51(42(71)33(69)21-81-56)90-55-50(79)49(78)44(73)35(20-65)85-55/h16,25,30,32-57,64-65,69-80H,10-15,17-23H2,1-9H3,(H,62,66)(H,63,67)/t25-,30?,32?,33?,34?,35?,36?,37?,38-,39+,40?,41?,42?,43?,44?,45?,46?,47?,48?,49?,50?,51?,52?,53?,54?,55?,56?,57?,59-,60-,61?/m1/s1. The Labute approximate surface area is 522 Å². The molecule has 31 atom stereocenters. The van der Waals surface area contributed by atoms with Gasteiger partial charge in [-0.3, -0.25) is 14.4 Å². The minimum absolute atomic E-state index is 0.00994. The molecule has 9 rings (SSSR count). The molecule has 5 heterocycles. The van der Waals surface area contributed by atoms with Gasteiger partial charge in [-0.1, -0.05) is 51.3 Å². The fourth-order valence-corrected chi connectivity index (χ4v) is 16.5. The van der Waals surface area contributed by atoms with Crippen LogP contribution in [-0.2, 0) is 61.8 Å². The zero-order valence-corrected chi connectivity index (χ0v) is 52.5. The maximum atomic E-state index is 13.5. The van der Waals surface area contributed by atoms with E-state index in [1.165, 1.54) is 11.1 Å². The SMILES string of the molecule is CC(=O)NC1C(OC2COC(O[C@H]3CC[C@]4(C)C5C[C@@H](O)[C@@]6(C)C(=C5CCC4(O)C3(C)C)CCC6[C@H](C)CC(=O)C=C(C)C)C(OC3OC(COC4OCC(O)C(O)C4OC4OC(CO)C(O)C(O)C4O)C(O)C(O)C3NC(C)=O)C2O)OC(CO)C(O)C1O. The van der Waals surface area contributed by atoms with E-state index in [1.54, 1.807) is 6.08 Å². The van der Waals surface area contributed by atoms with Crippen molar-refractivity contribution in [3.05, 3.63) is 22.8 Å². The van der Waals surface area contributed by atoms with Crippen LogP contribution >= 0.6 is 0 Å². The van der Waals surface area contributed by atoms with Gasteiger partial charge in [0.25, 0.3) is 0 Å². The molecule has 8 fully saturated rings. The summed E-state index contributed by atoms with van der Waals surface area (Å²) in [6.45, 7) is 12.6. The van der Waals surface area contributed by atoms with Crippen molar-refractivity contribution in [3.63, 3.8) is 0 Å². The molecule has 514 valence electrons. The van der Waals surface area contributed by atoms with Crippen LogP contribution in [-0.4, -0.2) is 281 Å². The Morgan fingerprint density at radius 2 is 1.18 bits per heavy atom. The van der Waals surface area contributed by atoms with Crippen molar-refractivity contribution in [2.24, 2.45) is 34.0 Å². The number of rotatable bonds is 19. The number of nitrogens with one attached hydrogen (secondary N) is 2. The van der Waals surface area contributed by atoms with Crippen LogP contribution in [0.2, 0.25) is 0 Å². The van der Waals surface area contributed by atoms with Crippen LogP contribution in [0.4, 0.5) is 0 Å². The third kappa shape index (κ3) is 13.3. The number of fused-ring (bicyclic) bond motifs is 4. The number of allylic oxidation sites excluding steroid dienone is 3. The third-order valence-corrected chi connectivity index (χ3v) is 21.6. The molecule has 0 bridgehead atoms. The van der Waals surface area contributed by atoms with Crippen molar-refractivity contribution in [2.45, 2.75) is 273 Å². The highest BCUT2D eigenvalue weighted by Crippen LogP contribution is 2.70. The van der Waals surface area contributed by atoms with Gasteiger partial charge in [0.05, 0.1) is 50.8 Å². The van der Waals surface area contributed by atoms with E-state index in [9.17, 15) is 85.9 Å². The van der Waals surface area contributed by atoms with E-state index in [0.717, 1.165) is 32.3 Å². The van der Waals surface area contributed by atoms with E-state index < -0.39 is 220 Å². The molecule has 0 spiro atoms. The molecule has 29 heteroatoms. The van der Waals surface area contributed by atoms with Crippen LogP contribution in [0.5, 0.6) is 0 Å². The number of carbonyl (C=O) groups is 3. The second kappa shape index (κ2) is 28.1. The van der Waals surface area contributed by atoms with E-state index in [1.807, 2.05) is 27.7 Å². The Morgan fingerprint density at radius 3 is 1.79 bits per heavy atom. The molecule has 0 aromatic rings. The number of aliphatic hydroxyl groups is 14. The number of carbonyl (C=O) groups excluding carboxylic acids is 3. The molecule has 90 heavy (non-hydrogen) atoms. The zero-order valence-electron chi connectivity index (χ0n) is 52.5. The number of hydrogen-bond donors (Lipinski definition) is 16. The molecule has 3 saturated carbocycles. The van der Waals surface area contributed by atoms with E-state index >= 15 is 0 Å². The Kier molecular flexibility index (Phi) is 22.3. The van der Waals surface area contributed by atoms with Gasteiger partial charge in [0.1, 0.15) is 110 Å². The molecular weight excluding hydrogens is 1190 g/mol. The molecule has 2 amide bonds. The summed E-state index contributed by atoms with van der Waals surface area (Å²) in [5, 5.41) is 162. The van der Waals surface area contributed by atoms with Crippen LogP contribution in [0.1, 0.15) is 114 Å². The normalized spacial score (nSPS) is 48.1. The average Bonchev–Trinajstić information content (AvgIpc) is 1.77. The molecule has 26 unspecified atom stereocenters. The Balaban J connectivity index is 0.993. The van der Waals surface area contributed by atoms with Gasteiger partial charge in [0.15, 0.2) is 37.2 Å². The lowest BCUT2D eigenvalue weighted by molar-refractivity contribution is -0.378. The third-order valence-electron chi connectivity index (χ3n) is 21.6. The fraction of sp³-hybridized carbons (Fsp3) is 0.885. The first-order chi connectivity index (χ1) is 42.2. The van der Waals surface area contributed by atoms with Crippen molar-refractivity contribution >= 4 is 17.6 Å². The number of ether oxygens (including phenoxy) is 10. The molecule has 4 aliphatic carbocycles. The maximum absolute atomic E-state index is 13.5. The van der Waals surface area contributed by atoms with E-state index in [4.69, 9.17) is 47.4 Å². The lowest BCUT2D eigenvalue weighted by Gasteiger charge is -2.67. The fourth-order valence-electron chi connectivity index (χ4n) is 16.5. The van der Waals surface area contributed by atoms with Gasteiger partial charge in [-0.05, 0) is 82.6 Å². The van der Waals surface area contributed by atoms with Crippen molar-refractivity contribution in [2.75, 3.05) is 33.0 Å². The summed E-state index contributed by atoms with van der Waals surface area (Å²) in [6, 6.07) is -3.12. The lowest BCUT2D eigenvalue weighted by Crippen LogP contribution is -2.71. The summed E-state index contributed by atoms with van der Waals surface area (Å²) in [6.07, 6.45) is -32.6. The minimum atomic E-state index is -1.95. The first kappa shape index (κ1) is 71.4. The van der Waals surface area contributed by atoms with Crippen LogP contribution in [0.25, 0.3) is 0 Å². The van der Waals surface area contributed by atoms with Crippen LogP contribution in [0, 0.1) is 34.0 Å². The van der Waals surface area contributed by atoms with Crippen LogP contribution in [0.3, 0.4) is 0 Å². The largest absolute Gasteiger partial charge is 0.394 e. The van der Waals surface area contributed by atoms with Crippen molar-refractivity contribution in [3.8, 4) is 0 Å². The Morgan fingerprint density at radius 1 is 0.622 bits per heavy atom. The molecule has 29 nitrogen and oxygen atoms in total. The highest BCUT2D eigenvalue weighted by Gasteiger charge is 2.69. The quantitative estimate of drug-likeness (QED) is 0.0333. The summed E-state index contributed by atoms with van der Waals surface area (Å²) in [7, 11) is 0. The smallest absolute Gasteiger partial charge is 0.217 e. The molecule has 5 aliphatic heterocycles. The van der Waals surface area contributed by atoms with E-state index in [-0.39, 0.29) is 23.5 Å². The average molecular weight is 1290 g/mol. The summed E-state index contributed by atoms with van der Waals surface area (Å²) < 4.78 is 61.3. The lowest BCUT2D eigenvalue weighted by atomic mass is 9.41. The van der Waals surface area contributed by atoms with Gasteiger partial charge in [0.2, 0.25) is 11.8 Å². The molecular formula is C61H98N2O27. The molecule has 9 aliphatic rings. The van der Waals surface area contributed by atoms with Crippen LogP contribution in [0.15, 0.2) is 22.8 Å². The zero-order chi connectivity index (χ0) is 66.0. The number of amides is 2. The highest BCUT2D eigenvalue weighted by molar-refractivity contribution is 5.90. The molecule has 0 aromatic heterocycles. The van der Waals surface area contributed by atoms with Crippen LogP contribution < -0.4 is 10.6 Å². The second-order valence-electron chi connectivity index (χ2n) is 27.8. The predicted molar refractivity (Wildman–Crippen MR) is 306 cm³/mol. The van der Waals surface area contributed by atoms with Crippen molar-refractivity contribution in [1.82, 2.24) is 10.6 Å². The summed E-state index contributed by atoms with van der Waals surface area (Å²) in [4.78, 5) is 38.4. The van der Waals surface area contributed by atoms with Gasteiger partial charge in [-0.25, -0.2) is 0 Å². The summed E-state index contributed by atoms with van der Waals surface area (Å²) >= 11 is 0. The molecule has 5 saturated heterocycles. The number of hydrogen-bond acceptors (Lipinski definition) is 27. The molecule has 0 radical (unpaired) electrons. The first-order valence-electron chi connectivity index (χ1n) is 31.5. The van der Waals surface area contributed by atoms with Crippen molar-refractivity contribution < 1.29 is 133 Å². The van der Waals surface area contributed by atoms with Gasteiger partial charge in [-0.15, -0.1) is 0 Å². The second-order valence-corrected chi connectivity index (χ2v) is 27.8. The first-order valence-corrected chi connectivity index (χ1v) is 31.5. The van der Waals surface area contributed by atoms with Gasteiger partial charge >= 0.3 is 0 Å². The Hall–Kier alpha value is -2.87. The molecule has 16 N–H and O–H groups in total. The topological polar surface area (TPSA) is 451 Å². The Bertz CT molecular complexity index is 2580. The van der Waals surface area contributed by atoms with E-state index in [2.05, 4.69) is 31.4 Å². The summed E-state index contributed by atoms with van der Waals surface area (Å²) in [5.41, 5.74) is -0.580. The van der Waals surface area contributed by atoms with Gasteiger partial charge in [0, 0.05) is 36.5 Å². The van der Waals surface area contributed by atoms with Crippen molar-refractivity contribution in [1.29, 1.82) is 0 Å². The molecule has 0 aromatic carbocycles. The minimum Gasteiger partial charge on any atom is -0.394 e. The van der Waals surface area contributed by atoms with Gasteiger partial charge in [-0.2, -0.15) is 0 Å². The van der Waals surface area contributed by atoms with E-state index in [0.29, 0.717) is 38.5 Å². The predicted octanol–water partition coefficient (Wildman–Crippen LogP) is -3.96. The number of ketones is 1. The monoisotopic (exact) mass is 1290 g/mol. The summed E-state index contributed by atoms with van der Waals surface area (Å²) in [5.74, 6) is -1.50.